The maximum atomic E-state index is 14.3. The van der Waals surface area contributed by atoms with E-state index < -0.39 is 0 Å². The average molecular weight is 296 g/mol. The molecule has 2 aromatic heterocycles. The van der Waals surface area contributed by atoms with E-state index in [0.29, 0.717) is 11.3 Å². The zero-order chi connectivity index (χ0) is 15.3. The molecule has 1 atom stereocenters. The first-order valence-electron chi connectivity index (χ1n) is 6.97. The van der Waals surface area contributed by atoms with E-state index in [2.05, 4.69) is 9.97 Å². The first-order chi connectivity index (χ1) is 10.7. The number of benzene rings is 1. The summed E-state index contributed by atoms with van der Waals surface area (Å²) < 4.78 is 17.8. The van der Waals surface area contributed by atoms with Crippen molar-refractivity contribution in [2.75, 3.05) is 0 Å². The normalized spacial score (nSPS) is 15.6. The van der Waals surface area contributed by atoms with Crippen LogP contribution in [0.5, 0.6) is 0 Å². The van der Waals surface area contributed by atoms with Crippen molar-refractivity contribution in [2.24, 2.45) is 7.05 Å². The number of imidazole rings is 2. The van der Waals surface area contributed by atoms with Crippen LogP contribution in [0.1, 0.15) is 28.5 Å². The zero-order valence-electron chi connectivity index (χ0n) is 11.9. The van der Waals surface area contributed by atoms with Crippen molar-refractivity contribution in [1.29, 1.82) is 0 Å². The van der Waals surface area contributed by atoms with Gasteiger partial charge in [0.1, 0.15) is 11.5 Å². The molecule has 110 valence electrons. The van der Waals surface area contributed by atoms with Crippen molar-refractivity contribution < 1.29 is 9.18 Å². The van der Waals surface area contributed by atoms with Gasteiger partial charge in [0.15, 0.2) is 5.78 Å². The molecule has 0 saturated heterocycles. The topological polar surface area (TPSA) is 52.7 Å². The quantitative estimate of drug-likeness (QED) is 0.698. The number of carbonyl (C=O) groups is 1. The zero-order valence-corrected chi connectivity index (χ0v) is 11.9. The lowest BCUT2D eigenvalue weighted by Crippen LogP contribution is -2.14. The van der Waals surface area contributed by atoms with Gasteiger partial charge < -0.3 is 9.13 Å². The van der Waals surface area contributed by atoms with Gasteiger partial charge in [0, 0.05) is 24.6 Å². The highest BCUT2D eigenvalue weighted by atomic mass is 19.1. The SMILES string of the molecule is Cn1cncc1C(=O)CC1c2c(F)cccc2-c2cncn21. The lowest BCUT2D eigenvalue weighted by atomic mass is 9.98. The number of Topliss-reactive ketones (excluding diaryl/α,β-unsaturated/α-hetero) is 1. The molecule has 1 aliphatic rings. The molecule has 22 heavy (non-hydrogen) atoms. The molecule has 0 amide bonds. The second-order valence-electron chi connectivity index (χ2n) is 5.42. The van der Waals surface area contributed by atoms with Crippen LogP contribution in [-0.4, -0.2) is 24.9 Å². The van der Waals surface area contributed by atoms with Crippen LogP contribution in [0.25, 0.3) is 11.3 Å². The van der Waals surface area contributed by atoms with Gasteiger partial charge in [-0.05, 0) is 6.07 Å². The Labute approximate surface area is 126 Å². The minimum absolute atomic E-state index is 0.0687. The van der Waals surface area contributed by atoms with E-state index in [-0.39, 0.29) is 24.1 Å². The van der Waals surface area contributed by atoms with Crippen LogP contribution in [0.4, 0.5) is 4.39 Å². The third-order valence-electron chi connectivity index (χ3n) is 4.15. The van der Waals surface area contributed by atoms with Crippen molar-refractivity contribution in [3.63, 3.8) is 0 Å². The highest BCUT2D eigenvalue weighted by Gasteiger charge is 2.33. The van der Waals surface area contributed by atoms with Gasteiger partial charge in [-0.1, -0.05) is 12.1 Å². The van der Waals surface area contributed by atoms with Crippen LogP contribution in [0.3, 0.4) is 0 Å². The van der Waals surface area contributed by atoms with E-state index in [4.69, 9.17) is 0 Å². The molecular weight excluding hydrogens is 283 g/mol. The van der Waals surface area contributed by atoms with Crippen molar-refractivity contribution >= 4 is 5.78 Å². The summed E-state index contributed by atoms with van der Waals surface area (Å²) in [5.74, 6) is -0.357. The number of nitrogens with zero attached hydrogens (tertiary/aromatic N) is 4. The van der Waals surface area contributed by atoms with E-state index in [1.807, 2.05) is 10.6 Å². The second kappa shape index (κ2) is 4.62. The molecule has 0 aliphatic carbocycles. The van der Waals surface area contributed by atoms with Gasteiger partial charge in [0.25, 0.3) is 0 Å². The Kier molecular flexibility index (Phi) is 2.72. The molecular formula is C16H13FN4O. The van der Waals surface area contributed by atoms with Gasteiger partial charge in [-0.15, -0.1) is 0 Å². The number of fused-ring (bicyclic) bond motifs is 3. The summed E-state index contributed by atoms with van der Waals surface area (Å²) in [7, 11) is 1.77. The Balaban J connectivity index is 1.77. The molecule has 0 spiro atoms. The fourth-order valence-corrected chi connectivity index (χ4v) is 3.11. The molecule has 5 nitrogen and oxygen atoms in total. The third-order valence-corrected chi connectivity index (χ3v) is 4.15. The summed E-state index contributed by atoms with van der Waals surface area (Å²) in [6.45, 7) is 0. The minimum Gasteiger partial charge on any atom is -0.331 e. The number of hydrogen-bond donors (Lipinski definition) is 0. The van der Waals surface area contributed by atoms with Gasteiger partial charge in [0.2, 0.25) is 0 Å². The molecule has 3 aromatic rings. The number of halogens is 1. The maximum absolute atomic E-state index is 14.3. The average Bonchev–Trinajstić information content (AvgIpc) is 3.17. The summed E-state index contributed by atoms with van der Waals surface area (Å²) in [6.07, 6.45) is 6.65. The summed E-state index contributed by atoms with van der Waals surface area (Å²) in [5.41, 5.74) is 2.74. The first-order valence-corrected chi connectivity index (χ1v) is 6.97. The van der Waals surface area contributed by atoms with Crippen LogP contribution in [-0.2, 0) is 7.05 Å². The number of aromatic nitrogens is 4. The molecule has 0 bridgehead atoms. The summed E-state index contributed by atoms with van der Waals surface area (Å²) in [5, 5.41) is 0. The van der Waals surface area contributed by atoms with Crippen molar-refractivity contribution in [2.45, 2.75) is 12.5 Å². The Bertz CT molecular complexity index is 880. The minimum atomic E-state index is -0.365. The van der Waals surface area contributed by atoms with Gasteiger partial charge >= 0.3 is 0 Å². The summed E-state index contributed by atoms with van der Waals surface area (Å²) >= 11 is 0. The highest BCUT2D eigenvalue weighted by molar-refractivity contribution is 5.95. The molecule has 0 radical (unpaired) electrons. The Morgan fingerprint density at radius 3 is 2.86 bits per heavy atom. The van der Waals surface area contributed by atoms with Crippen LogP contribution < -0.4 is 0 Å². The van der Waals surface area contributed by atoms with Crippen LogP contribution in [0.2, 0.25) is 0 Å². The first kappa shape index (κ1) is 12.9. The van der Waals surface area contributed by atoms with Gasteiger partial charge in [-0.3, -0.25) is 4.79 Å². The fraction of sp³-hybridized carbons (Fsp3) is 0.188. The van der Waals surface area contributed by atoms with Gasteiger partial charge in [-0.25, -0.2) is 14.4 Å². The molecule has 0 saturated carbocycles. The van der Waals surface area contributed by atoms with E-state index >= 15 is 0 Å². The standard InChI is InChI=1S/C16H13FN4O/c1-20-8-18-7-14(20)15(22)5-12-16-10(3-2-4-11(16)17)13-6-19-9-21(12)13/h2-4,6-9,12H,5H2,1H3. The van der Waals surface area contributed by atoms with Gasteiger partial charge in [0.05, 0.1) is 36.8 Å². The largest absolute Gasteiger partial charge is 0.331 e. The number of ketones is 1. The molecule has 1 unspecified atom stereocenters. The van der Waals surface area contributed by atoms with Gasteiger partial charge in [-0.2, -0.15) is 0 Å². The maximum Gasteiger partial charge on any atom is 0.183 e. The molecule has 4 rings (SSSR count). The predicted molar refractivity (Wildman–Crippen MR) is 77.9 cm³/mol. The van der Waals surface area contributed by atoms with E-state index in [0.717, 1.165) is 11.3 Å². The van der Waals surface area contributed by atoms with Crippen LogP contribution in [0.15, 0.2) is 43.2 Å². The van der Waals surface area contributed by atoms with E-state index in [1.165, 1.54) is 12.3 Å². The number of carbonyl (C=O) groups excluding carboxylic acids is 1. The highest BCUT2D eigenvalue weighted by Crippen LogP contribution is 2.42. The molecule has 3 heterocycles. The Hall–Kier alpha value is -2.76. The fourth-order valence-electron chi connectivity index (χ4n) is 3.11. The molecule has 1 aliphatic heterocycles. The Morgan fingerprint density at radius 1 is 1.27 bits per heavy atom. The number of aryl methyl sites for hydroxylation is 1. The molecule has 0 fully saturated rings. The molecule has 1 aromatic carbocycles. The summed E-state index contributed by atoms with van der Waals surface area (Å²) in [6, 6.07) is 4.61. The summed E-state index contributed by atoms with van der Waals surface area (Å²) in [4.78, 5) is 20.6. The van der Waals surface area contributed by atoms with Crippen molar-refractivity contribution in [3.05, 3.63) is 60.3 Å². The number of rotatable bonds is 3. The lowest BCUT2D eigenvalue weighted by molar-refractivity contribution is 0.0962. The van der Waals surface area contributed by atoms with Crippen molar-refractivity contribution in [3.8, 4) is 11.3 Å². The van der Waals surface area contributed by atoms with E-state index in [9.17, 15) is 9.18 Å². The second-order valence-corrected chi connectivity index (χ2v) is 5.42. The molecule has 6 heteroatoms. The third kappa shape index (κ3) is 1.73. The van der Waals surface area contributed by atoms with Crippen LogP contribution in [0, 0.1) is 5.82 Å². The predicted octanol–water partition coefficient (Wildman–Crippen LogP) is 2.60. The Morgan fingerprint density at radius 2 is 2.09 bits per heavy atom. The van der Waals surface area contributed by atoms with E-state index in [1.54, 1.807) is 36.5 Å². The van der Waals surface area contributed by atoms with Crippen molar-refractivity contribution in [1.82, 2.24) is 19.1 Å². The smallest absolute Gasteiger partial charge is 0.183 e. The van der Waals surface area contributed by atoms with Crippen LogP contribution >= 0.6 is 0 Å². The lowest BCUT2D eigenvalue weighted by Gasteiger charge is -2.14. The molecule has 0 N–H and O–H groups in total. The monoisotopic (exact) mass is 296 g/mol. The number of hydrogen-bond acceptors (Lipinski definition) is 3.